The minimum Gasteiger partial charge on any atom is -0.395 e. The smallest absolute Gasteiger partial charge is 0.395 e. The van der Waals surface area contributed by atoms with Gasteiger partial charge in [0.05, 0.1) is 12.1 Å². The molecule has 1 aromatic rings. The van der Waals surface area contributed by atoms with Crippen molar-refractivity contribution in [3.63, 3.8) is 0 Å². The highest BCUT2D eigenvalue weighted by Gasteiger charge is 2.45. The molecule has 7 heteroatoms. The number of nitrogens with two attached hydrogens (primary N) is 1. The molecule has 4 nitrogen and oxygen atoms in total. The van der Waals surface area contributed by atoms with Crippen LogP contribution in [-0.4, -0.2) is 17.5 Å². The maximum Gasteiger partial charge on any atom is 0.586 e. The van der Waals surface area contributed by atoms with Crippen LogP contribution in [0, 0.1) is 5.92 Å². The van der Waals surface area contributed by atoms with E-state index in [1.807, 2.05) is 0 Å². The van der Waals surface area contributed by atoms with E-state index in [0.29, 0.717) is 5.56 Å². The highest BCUT2D eigenvalue weighted by Crippen LogP contribution is 2.45. The lowest BCUT2D eigenvalue weighted by molar-refractivity contribution is -0.287. The second-order valence-corrected chi connectivity index (χ2v) is 4.60. The molecule has 3 N–H and O–H groups in total. The Morgan fingerprint density at radius 3 is 2.47 bits per heavy atom. The van der Waals surface area contributed by atoms with Gasteiger partial charge in [0.15, 0.2) is 11.5 Å². The van der Waals surface area contributed by atoms with Crippen LogP contribution in [-0.2, 0) is 0 Å². The summed E-state index contributed by atoms with van der Waals surface area (Å²) >= 11 is 0. The zero-order valence-electron chi connectivity index (χ0n) is 10.5. The number of fused-ring (bicyclic) bond motifs is 1. The fourth-order valence-electron chi connectivity index (χ4n) is 1.85. The molecular weight excluding hydrogens is 280 g/mol. The van der Waals surface area contributed by atoms with Crippen molar-refractivity contribution in [1.29, 1.82) is 0 Å². The van der Waals surface area contributed by atoms with Gasteiger partial charge < -0.3 is 20.3 Å². The normalized spacial score (nSPS) is 18.9. The number of ether oxygens (including phenoxy) is 2. The third-order valence-electron chi connectivity index (χ3n) is 2.87. The molecule has 0 fully saturated rings. The summed E-state index contributed by atoms with van der Waals surface area (Å²) in [4.78, 5) is 0. The van der Waals surface area contributed by atoms with Crippen LogP contribution in [0.4, 0.5) is 8.78 Å². The molecule has 0 spiro atoms. The quantitative estimate of drug-likeness (QED) is 0.899. The minimum atomic E-state index is -3.68. The van der Waals surface area contributed by atoms with E-state index in [1.54, 1.807) is 19.9 Å². The zero-order chi connectivity index (χ0) is 13.5. The van der Waals surface area contributed by atoms with Gasteiger partial charge in [-0.1, -0.05) is 26.0 Å². The topological polar surface area (TPSA) is 64.7 Å². The molecule has 1 aromatic carbocycles. The molecule has 0 unspecified atom stereocenters. The molecule has 0 radical (unpaired) electrons. The van der Waals surface area contributed by atoms with Crippen LogP contribution in [0.5, 0.6) is 11.5 Å². The second kappa shape index (κ2) is 5.48. The van der Waals surface area contributed by atoms with Gasteiger partial charge in [0.25, 0.3) is 0 Å². The first-order valence-corrected chi connectivity index (χ1v) is 5.64. The fraction of sp³-hybridized carbons (Fsp3) is 0.500. The van der Waals surface area contributed by atoms with Gasteiger partial charge in [-0.2, -0.15) is 0 Å². The lowest BCUT2D eigenvalue weighted by Crippen LogP contribution is -2.31. The average molecular weight is 296 g/mol. The molecule has 0 aromatic heterocycles. The number of hydrogen-bond donors (Lipinski definition) is 2. The van der Waals surface area contributed by atoms with Crippen LogP contribution in [0.1, 0.15) is 25.5 Å². The van der Waals surface area contributed by atoms with E-state index in [9.17, 15) is 13.9 Å². The Hall–Kier alpha value is -1.11. The predicted molar refractivity (Wildman–Crippen MR) is 67.7 cm³/mol. The average Bonchev–Trinajstić information content (AvgIpc) is 2.60. The summed E-state index contributed by atoms with van der Waals surface area (Å²) in [7, 11) is 0. The minimum absolute atomic E-state index is 0. The Bertz CT molecular complexity index is 457. The molecule has 108 valence electrons. The molecule has 2 atom stereocenters. The van der Waals surface area contributed by atoms with Crippen molar-refractivity contribution in [2.24, 2.45) is 11.7 Å². The summed E-state index contributed by atoms with van der Waals surface area (Å²) < 4.78 is 34.7. The number of aliphatic hydroxyl groups is 1. The van der Waals surface area contributed by atoms with Gasteiger partial charge in [0, 0.05) is 5.56 Å². The Morgan fingerprint density at radius 1 is 1.26 bits per heavy atom. The maximum absolute atomic E-state index is 13.0. The third kappa shape index (κ3) is 3.08. The number of rotatable bonds is 3. The van der Waals surface area contributed by atoms with Crippen molar-refractivity contribution >= 4 is 12.4 Å². The Kier molecular flexibility index (Phi) is 4.60. The number of aliphatic hydroxyl groups excluding tert-OH is 1. The predicted octanol–water partition coefficient (Wildman–Crippen LogP) is 2.45. The highest BCUT2D eigenvalue weighted by molar-refractivity contribution is 5.85. The number of hydrogen-bond acceptors (Lipinski definition) is 4. The van der Waals surface area contributed by atoms with Crippen LogP contribution in [0.15, 0.2) is 18.2 Å². The first-order valence-electron chi connectivity index (χ1n) is 5.64. The van der Waals surface area contributed by atoms with Gasteiger partial charge in [-0.05, 0) is 12.0 Å². The van der Waals surface area contributed by atoms with Crippen molar-refractivity contribution in [2.45, 2.75) is 32.3 Å². The third-order valence-corrected chi connectivity index (χ3v) is 2.87. The molecule has 0 amide bonds. The van der Waals surface area contributed by atoms with Crippen LogP contribution < -0.4 is 15.2 Å². The summed E-state index contributed by atoms with van der Waals surface area (Å²) in [5.41, 5.74) is 6.18. The molecule has 0 saturated carbocycles. The fourth-order valence-corrected chi connectivity index (χ4v) is 1.85. The van der Waals surface area contributed by atoms with Crippen molar-refractivity contribution in [1.82, 2.24) is 0 Å². The van der Waals surface area contributed by atoms with Gasteiger partial charge in [0.1, 0.15) is 0 Å². The molecule has 0 bridgehead atoms. The van der Waals surface area contributed by atoms with Gasteiger partial charge in [-0.15, -0.1) is 21.2 Å². The van der Waals surface area contributed by atoms with Gasteiger partial charge in [0.2, 0.25) is 0 Å². The van der Waals surface area contributed by atoms with E-state index in [-0.39, 0.29) is 29.8 Å². The van der Waals surface area contributed by atoms with Crippen molar-refractivity contribution < 1.29 is 23.4 Å². The van der Waals surface area contributed by atoms with E-state index >= 15 is 0 Å². The summed E-state index contributed by atoms with van der Waals surface area (Å²) in [5, 5.41) is 9.90. The van der Waals surface area contributed by atoms with Crippen molar-refractivity contribution in [3.05, 3.63) is 23.8 Å². The van der Waals surface area contributed by atoms with Gasteiger partial charge in [-0.25, -0.2) is 0 Å². The first-order chi connectivity index (χ1) is 8.32. The van der Waals surface area contributed by atoms with Crippen molar-refractivity contribution in [3.8, 4) is 11.5 Å². The van der Waals surface area contributed by atoms with Gasteiger partial charge in [-0.3, -0.25) is 0 Å². The molecule has 1 aliphatic rings. The van der Waals surface area contributed by atoms with E-state index in [0.717, 1.165) is 0 Å². The molecule has 1 heterocycles. The monoisotopic (exact) mass is 295 g/mol. The van der Waals surface area contributed by atoms with Crippen molar-refractivity contribution in [2.75, 3.05) is 0 Å². The highest BCUT2D eigenvalue weighted by atomic mass is 35.5. The van der Waals surface area contributed by atoms with Crippen LogP contribution >= 0.6 is 12.4 Å². The van der Waals surface area contributed by atoms with Crippen LogP contribution in [0.2, 0.25) is 0 Å². The zero-order valence-corrected chi connectivity index (χ0v) is 11.3. The number of halogens is 3. The molecule has 2 rings (SSSR count). The Balaban J connectivity index is 0.00000180. The standard InChI is InChI=1S/C12H15F2NO3.ClH/c1-6(2)10(16)9(15)7-4-3-5-8-11(7)18-12(13,14)17-8;/h3-6,9-10,16H,15H2,1-2H3;1H/t9-,10+;/m0./s1. The number of benzene rings is 1. The van der Waals surface area contributed by atoms with Crippen LogP contribution in [0.25, 0.3) is 0 Å². The van der Waals surface area contributed by atoms with E-state index < -0.39 is 18.4 Å². The molecule has 0 aliphatic carbocycles. The first kappa shape index (κ1) is 15.9. The summed E-state index contributed by atoms with van der Waals surface area (Å²) in [6.45, 7) is 3.58. The molecule has 0 saturated heterocycles. The lowest BCUT2D eigenvalue weighted by atomic mass is 9.94. The Labute approximate surface area is 115 Å². The number of alkyl halides is 2. The maximum atomic E-state index is 13.0. The summed E-state index contributed by atoms with van der Waals surface area (Å²) in [6.07, 6.45) is -4.53. The Morgan fingerprint density at radius 2 is 1.89 bits per heavy atom. The van der Waals surface area contributed by atoms with E-state index in [1.165, 1.54) is 12.1 Å². The van der Waals surface area contributed by atoms with E-state index in [2.05, 4.69) is 9.47 Å². The SMILES string of the molecule is CC(C)[C@@H](O)[C@@H](N)c1cccc2c1OC(F)(F)O2.Cl. The largest absolute Gasteiger partial charge is 0.586 e. The van der Waals surface area contributed by atoms with Crippen LogP contribution in [0.3, 0.4) is 0 Å². The number of para-hydroxylation sites is 1. The molecular formula is C12H16ClF2NO3. The lowest BCUT2D eigenvalue weighted by Gasteiger charge is -2.23. The van der Waals surface area contributed by atoms with Gasteiger partial charge >= 0.3 is 6.29 Å². The second-order valence-electron chi connectivity index (χ2n) is 4.60. The summed E-state index contributed by atoms with van der Waals surface area (Å²) in [6, 6.07) is 3.64. The molecule has 19 heavy (non-hydrogen) atoms. The summed E-state index contributed by atoms with van der Waals surface area (Å²) in [5.74, 6) is -0.266. The van der Waals surface area contributed by atoms with E-state index in [4.69, 9.17) is 5.73 Å². The molecule has 1 aliphatic heterocycles.